The van der Waals surface area contributed by atoms with Gasteiger partial charge in [0.05, 0.1) is 23.9 Å². The minimum absolute atomic E-state index is 0.0310. The van der Waals surface area contributed by atoms with E-state index in [4.69, 9.17) is 4.74 Å². The van der Waals surface area contributed by atoms with E-state index in [9.17, 15) is 14.4 Å². The molecule has 2 heterocycles. The predicted octanol–water partition coefficient (Wildman–Crippen LogP) is 4.71. The van der Waals surface area contributed by atoms with Gasteiger partial charge in [-0.2, -0.15) is 5.26 Å². The van der Waals surface area contributed by atoms with E-state index in [1.54, 1.807) is 24.1 Å². The molecule has 0 aliphatic carbocycles. The summed E-state index contributed by atoms with van der Waals surface area (Å²) < 4.78 is 18.8. The van der Waals surface area contributed by atoms with Gasteiger partial charge in [-0.1, -0.05) is 11.8 Å². The summed E-state index contributed by atoms with van der Waals surface area (Å²) >= 11 is 1.25. The number of carbonyl (C=O) groups is 1. The number of methoxy groups -OCH3 is 1. The Balaban J connectivity index is 1.58. The topological polar surface area (TPSA) is 66.2 Å². The van der Waals surface area contributed by atoms with Gasteiger partial charge in [-0.25, -0.2) is 9.37 Å². The third-order valence-electron chi connectivity index (χ3n) is 5.28. The molecule has 0 saturated carbocycles. The summed E-state index contributed by atoms with van der Waals surface area (Å²) in [5.74, 6) is 0.462. The molecule has 1 aromatic heterocycles. The number of thioether (sulfide) groups is 1. The minimum Gasteiger partial charge on any atom is -0.497 e. The highest BCUT2D eigenvalue weighted by Crippen LogP contribution is 2.33. The highest BCUT2D eigenvalue weighted by atomic mass is 32.2. The van der Waals surface area contributed by atoms with Crippen LogP contribution in [0.2, 0.25) is 0 Å². The van der Waals surface area contributed by atoms with Gasteiger partial charge < -0.3 is 9.64 Å². The van der Waals surface area contributed by atoms with Gasteiger partial charge in [0.25, 0.3) is 0 Å². The molecular weight excluding hydrogens is 401 g/mol. The third kappa shape index (κ3) is 3.83. The summed E-state index contributed by atoms with van der Waals surface area (Å²) in [5.41, 5.74) is 2.77. The van der Waals surface area contributed by atoms with Crippen LogP contribution in [-0.2, 0) is 11.2 Å². The first-order valence-electron chi connectivity index (χ1n) is 9.62. The fourth-order valence-electron chi connectivity index (χ4n) is 3.75. The lowest BCUT2D eigenvalue weighted by Crippen LogP contribution is -2.43. The number of pyridine rings is 1. The monoisotopic (exact) mass is 421 g/mol. The number of benzene rings is 2. The number of aryl methyl sites for hydroxylation is 1. The van der Waals surface area contributed by atoms with Crippen LogP contribution in [0.25, 0.3) is 10.9 Å². The molecule has 0 N–H and O–H groups in total. The molecule has 0 saturated heterocycles. The summed E-state index contributed by atoms with van der Waals surface area (Å²) in [5, 5.41) is 10.9. The Hall–Kier alpha value is -3.11. The molecule has 1 amide bonds. The van der Waals surface area contributed by atoms with E-state index < -0.39 is 0 Å². The first-order valence-corrected chi connectivity index (χ1v) is 10.6. The number of aromatic nitrogens is 1. The highest BCUT2D eigenvalue weighted by molar-refractivity contribution is 8.00. The Morgan fingerprint density at radius 2 is 2.17 bits per heavy atom. The maximum atomic E-state index is 13.6. The Labute approximate surface area is 178 Å². The van der Waals surface area contributed by atoms with Gasteiger partial charge in [-0.3, -0.25) is 4.79 Å². The molecule has 5 nitrogen and oxygen atoms in total. The maximum Gasteiger partial charge on any atom is 0.237 e. The van der Waals surface area contributed by atoms with Crippen molar-refractivity contribution in [2.45, 2.75) is 30.8 Å². The smallest absolute Gasteiger partial charge is 0.237 e. The van der Waals surface area contributed by atoms with Crippen LogP contribution in [0, 0.1) is 17.1 Å². The number of hydrogen-bond donors (Lipinski definition) is 0. The van der Waals surface area contributed by atoms with Crippen LogP contribution >= 0.6 is 11.8 Å². The van der Waals surface area contributed by atoms with Crippen LogP contribution in [0.4, 0.5) is 10.1 Å². The molecule has 1 aliphatic rings. The Morgan fingerprint density at radius 1 is 1.33 bits per heavy atom. The second-order valence-corrected chi connectivity index (χ2v) is 8.19. The maximum absolute atomic E-state index is 13.6. The molecular formula is C23H20FN3O2S. The highest BCUT2D eigenvalue weighted by Gasteiger charge is 2.28. The standard InChI is InChI=1S/C23H20FN3O2S/c1-14-3-4-15-10-18(24)5-8-21(15)27(14)22(28)13-30-23-17(12-25)9-16-11-19(29-2)6-7-20(16)26-23/h5-11,14H,3-4,13H2,1-2H3/t14-/m0/s1. The van der Waals surface area contributed by atoms with Crippen molar-refractivity contribution in [1.82, 2.24) is 4.98 Å². The largest absolute Gasteiger partial charge is 0.497 e. The number of nitriles is 1. The van der Waals surface area contributed by atoms with Gasteiger partial charge >= 0.3 is 0 Å². The van der Waals surface area contributed by atoms with Crippen molar-refractivity contribution in [2.75, 3.05) is 17.8 Å². The molecule has 4 rings (SSSR count). The van der Waals surface area contributed by atoms with Crippen LogP contribution in [-0.4, -0.2) is 29.8 Å². The predicted molar refractivity (Wildman–Crippen MR) is 115 cm³/mol. The molecule has 2 aromatic carbocycles. The molecule has 3 aromatic rings. The number of nitrogens with zero attached hydrogens (tertiary/aromatic N) is 3. The summed E-state index contributed by atoms with van der Waals surface area (Å²) in [4.78, 5) is 19.4. The number of anilines is 1. The average molecular weight is 421 g/mol. The normalized spacial score (nSPS) is 15.5. The van der Waals surface area contributed by atoms with Gasteiger partial charge in [0.1, 0.15) is 22.7 Å². The number of carbonyl (C=O) groups excluding carboxylic acids is 1. The second-order valence-electron chi connectivity index (χ2n) is 7.22. The molecule has 7 heteroatoms. The summed E-state index contributed by atoms with van der Waals surface area (Å²) in [6.07, 6.45) is 1.53. The Morgan fingerprint density at radius 3 is 2.93 bits per heavy atom. The van der Waals surface area contributed by atoms with E-state index in [-0.39, 0.29) is 23.5 Å². The number of rotatable bonds is 4. The van der Waals surface area contributed by atoms with Gasteiger partial charge in [0.15, 0.2) is 0 Å². The molecule has 1 aliphatic heterocycles. The zero-order valence-corrected chi connectivity index (χ0v) is 17.5. The number of halogens is 1. The van der Waals surface area contributed by atoms with E-state index in [1.807, 2.05) is 25.1 Å². The van der Waals surface area contributed by atoms with Crippen molar-refractivity contribution in [3.63, 3.8) is 0 Å². The van der Waals surface area contributed by atoms with Crippen molar-refractivity contribution in [1.29, 1.82) is 5.26 Å². The minimum atomic E-state index is -0.291. The third-order valence-corrected chi connectivity index (χ3v) is 6.26. The zero-order chi connectivity index (χ0) is 21.3. The first kappa shape index (κ1) is 20.2. The second kappa shape index (κ2) is 8.33. The van der Waals surface area contributed by atoms with Crippen LogP contribution in [0.3, 0.4) is 0 Å². The van der Waals surface area contributed by atoms with Crippen LogP contribution in [0.5, 0.6) is 5.75 Å². The lowest BCUT2D eigenvalue weighted by molar-refractivity contribution is -0.116. The fraction of sp³-hybridized carbons (Fsp3) is 0.261. The van der Waals surface area contributed by atoms with E-state index in [1.165, 1.54) is 23.9 Å². The Kier molecular flexibility index (Phi) is 5.60. The van der Waals surface area contributed by atoms with E-state index >= 15 is 0 Å². The van der Waals surface area contributed by atoms with E-state index in [0.717, 1.165) is 35.0 Å². The number of amides is 1. The lowest BCUT2D eigenvalue weighted by Gasteiger charge is -2.35. The summed E-state index contributed by atoms with van der Waals surface area (Å²) in [7, 11) is 1.59. The number of ether oxygens (including phenoxy) is 1. The van der Waals surface area contributed by atoms with Crippen molar-refractivity contribution in [3.8, 4) is 11.8 Å². The van der Waals surface area contributed by atoms with Crippen molar-refractivity contribution in [3.05, 3.63) is 59.4 Å². The molecule has 0 radical (unpaired) electrons. The lowest BCUT2D eigenvalue weighted by atomic mass is 9.96. The van der Waals surface area contributed by atoms with Crippen LogP contribution in [0.15, 0.2) is 47.5 Å². The summed E-state index contributed by atoms with van der Waals surface area (Å²) in [6.45, 7) is 2.00. The van der Waals surface area contributed by atoms with Gasteiger partial charge in [-0.05, 0) is 67.8 Å². The molecule has 30 heavy (non-hydrogen) atoms. The zero-order valence-electron chi connectivity index (χ0n) is 16.7. The summed E-state index contributed by atoms with van der Waals surface area (Å²) in [6, 6.07) is 14.0. The van der Waals surface area contributed by atoms with Gasteiger partial charge in [0.2, 0.25) is 5.91 Å². The Bertz CT molecular complexity index is 1180. The van der Waals surface area contributed by atoms with E-state index in [0.29, 0.717) is 16.3 Å². The molecule has 0 bridgehead atoms. The SMILES string of the molecule is COc1ccc2nc(SCC(=O)N3c4ccc(F)cc4CC[C@@H]3C)c(C#N)cc2c1. The van der Waals surface area contributed by atoms with Crippen LogP contribution < -0.4 is 9.64 Å². The molecule has 0 fully saturated rings. The molecule has 0 unspecified atom stereocenters. The molecule has 1 atom stereocenters. The fourth-order valence-corrected chi connectivity index (χ4v) is 4.58. The molecule has 0 spiro atoms. The van der Waals surface area contributed by atoms with Crippen LogP contribution in [0.1, 0.15) is 24.5 Å². The van der Waals surface area contributed by atoms with Gasteiger partial charge in [0, 0.05) is 17.1 Å². The quantitative estimate of drug-likeness (QED) is 0.571. The first-order chi connectivity index (χ1) is 14.5. The van der Waals surface area contributed by atoms with E-state index in [2.05, 4.69) is 11.1 Å². The van der Waals surface area contributed by atoms with Gasteiger partial charge in [-0.15, -0.1) is 0 Å². The van der Waals surface area contributed by atoms with Crippen molar-refractivity contribution < 1.29 is 13.9 Å². The number of fused-ring (bicyclic) bond motifs is 2. The average Bonchev–Trinajstić information content (AvgIpc) is 2.76. The number of hydrogen-bond acceptors (Lipinski definition) is 5. The molecule has 152 valence electrons. The van der Waals surface area contributed by atoms with Crippen molar-refractivity contribution >= 4 is 34.3 Å². The van der Waals surface area contributed by atoms with Crippen molar-refractivity contribution in [2.24, 2.45) is 0 Å².